The fraction of sp³-hybridized carbons (Fsp3) is 0.438. The van der Waals surface area contributed by atoms with Crippen LogP contribution in [-0.4, -0.2) is 47.8 Å². The number of hydrogen-bond acceptors (Lipinski definition) is 4. The zero-order chi connectivity index (χ0) is 16.1. The van der Waals surface area contributed by atoms with E-state index in [9.17, 15) is 9.59 Å². The highest BCUT2D eigenvalue weighted by atomic mass is 16.5. The predicted molar refractivity (Wildman–Crippen MR) is 85.0 cm³/mol. The van der Waals surface area contributed by atoms with Crippen LogP contribution in [0.3, 0.4) is 0 Å². The number of carbonyl (C=O) groups excluding carboxylic acids is 1. The number of nitrogens with one attached hydrogen (secondary N) is 1. The Bertz CT molecular complexity index is 709. The summed E-state index contributed by atoms with van der Waals surface area (Å²) in [4.78, 5) is 26.3. The zero-order valence-corrected chi connectivity index (χ0v) is 13.1. The van der Waals surface area contributed by atoms with E-state index in [1.54, 1.807) is 36.3 Å². The monoisotopic (exact) mass is 303 g/mol. The van der Waals surface area contributed by atoms with Crippen LogP contribution in [0.15, 0.2) is 29.1 Å². The van der Waals surface area contributed by atoms with Crippen molar-refractivity contribution in [3.63, 3.8) is 0 Å². The minimum absolute atomic E-state index is 0.196. The molecule has 0 aliphatic rings. The van der Waals surface area contributed by atoms with Crippen LogP contribution in [0.25, 0.3) is 10.8 Å². The van der Waals surface area contributed by atoms with Gasteiger partial charge in [-0.1, -0.05) is 32.0 Å². The molecule has 2 aromatic rings. The Balaban J connectivity index is 2.42. The molecule has 1 heterocycles. The lowest BCUT2D eigenvalue weighted by molar-refractivity contribution is 0.0667. The lowest BCUT2D eigenvalue weighted by Crippen LogP contribution is -2.37. The van der Waals surface area contributed by atoms with Crippen molar-refractivity contribution in [2.75, 3.05) is 26.8 Å². The smallest absolute Gasteiger partial charge is 0.275 e. The number of rotatable bonds is 6. The van der Waals surface area contributed by atoms with Crippen LogP contribution >= 0.6 is 0 Å². The number of aromatic nitrogens is 2. The highest BCUT2D eigenvalue weighted by Crippen LogP contribution is 2.15. The Kier molecular flexibility index (Phi) is 5.27. The molecule has 6 heteroatoms. The largest absolute Gasteiger partial charge is 0.383 e. The minimum Gasteiger partial charge on any atom is -0.383 e. The summed E-state index contributed by atoms with van der Waals surface area (Å²) in [6, 6.07) is 6.99. The summed E-state index contributed by atoms with van der Waals surface area (Å²) < 4.78 is 5.07. The number of ether oxygens (including phenoxy) is 1. The standard InChI is InChI=1S/C16H21N3O3/c1-11(2)10-19(8-9-22-3)16(21)14-12-6-4-5-7-13(12)15(20)18-17-14/h4-7,11H,8-10H2,1-3H3,(H,18,20). The van der Waals surface area contributed by atoms with E-state index in [2.05, 4.69) is 10.2 Å². The molecule has 2 rings (SSSR count). The van der Waals surface area contributed by atoms with Crippen LogP contribution < -0.4 is 5.56 Å². The third-order valence-corrected chi connectivity index (χ3v) is 3.34. The Labute approximate surface area is 129 Å². The molecule has 1 N–H and O–H groups in total. The van der Waals surface area contributed by atoms with Crippen molar-refractivity contribution >= 4 is 16.7 Å². The first kappa shape index (κ1) is 16.2. The third-order valence-electron chi connectivity index (χ3n) is 3.34. The number of benzene rings is 1. The summed E-state index contributed by atoms with van der Waals surface area (Å²) in [6.07, 6.45) is 0. The average Bonchev–Trinajstić information content (AvgIpc) is 2.51. The van der Waals surface area contributed by atoms with Crippen LogP contribution in [0.5, 0.6) is 0 Å². The van der Waals surface area contributed by atoms with Gasteiger partial charge < -0.3 is 9.64 Å². The molecule has 1 amide bonds. The van der Waals surface area contributed by atoms with Gasteiger partial charge in [-0.2, -0.15) is 5.10 Å². The molecule has 0 aliphatic carbocycles. The van der Waals surface area contributed by atoms with Crippen LogP contribution in [0, 0.1) is 5.92 Å². The first-order valence-corrected chi connectivity index (χ1v) is 7.30. The molecule has 0 fully saturated rings. The topological polar surface area (TPSA) is 75.3 Å². The lowest BCUT2D eigenvalue weighted by Gasteiger charge is -2.24. The number of amides is 1. The van der Waals surface area contributed by atoms with Gasteiger partial charge in [-0.05, 0) is 12.0 Å². The maximum Gasteiger partial charge on any atom is 0.275 e. The van der Waals surface area contributed by atoms with E-state index >= 15 is 0 Å². The van der Waals surface area contributed by atoms with E-state index < -0.39 is 0 Å². The van der Waals surface area contributed by atoms with Gasteiger partial charge >= 0.3 is 0 Å². The van der Waals surface area contributed by atoms with Gasteiger partial charge in [0.1, 0.15) is 0 Å². The number of nitrogens with zero attached hydrogens (tertiary/aromatic N) is 2. The first-order chi connectivity index (χ1) is 10.5. The van der Waals surface area contributed by atoms with Gasteiger partial charge in [0.15, 0.2) is 5.69 Å². The van der Waals surface area contributed by atoms with E-state index in [1.807, 2.05) is 13.8 Å². The molecule has 0 spiro atoms. The molecule has 0 atom stereocenters. The Hall–Kier alpha value is -2.21. The summed E-state index contributed by atoms with van der Waals surface area (Å²) in [6.45, 7) is 5.65. The molecule has 1 aromatic carbocycles. The highest BCUT2D eigenvalue weighted by Gasteiger charge is 2.21. The molecular formula is C16H21N3O3. The van der Waals surface area contributed by atoms with E-state index in [0.717, 1.165) is 0 Å². The van der Waals surface area contributed by atoms with Gasteiger partial charge in [0.05, 0.1) is 12.0 Å². The number of aromatic amines is 1. The van der Waals surface area contributed by atoms with Gasteiger partial charge in [-0.25, -0.2) is 5.10 Å². The van der Waals surface area contributed by atoms with Gasteiger partial charge in [0.25, 0.3) is 11.5 Å². The Morgan fingerprint density at radius 2 is 2.00 bits per heavy atom. The molecule has 1 aromatic heterocycles. The summed E-state index contributed by atoms with van der Waals surface area (Å²) in [5.74, 6) is 0.132. The average molecular weight is 303 g/mol. The molecule has 22 heavy (non-hydrogen) atoms. The zero-order valence-electron chi connectivity index (χ0n) is 13.1. The van der Waals surface area contributed by atoms with Crippen LogP contribution in [0.2, 0.25) is 0 Å². The van der Waals surface area contributed by atoms with Crippen molar-refractivity contribution in [3.8, 4) is 0 Å². The summed E-state index contributed by atoms with van der Waals surface area (Å²) >= 11 is 0. The van der Waals surface area contributed by atoms with E-state index in [-0.39, 0.29) is 17.2 Å². The van der Waals surface area contributed by atoms with Crippen molar-refractivity contribution in [3.05, 3.63) is 40.3 Å². The Morgan fingerprint density at radius 3 is 2.64 bits per heavy atom. The van der Waals surface area contributed by atoms with Crippen LogP contribution in [0.4, 0.5) is 0 Å². The summed E-state index contributed by atoms with van der Waals surface area (Å²) in [7, 11) is 1.60. The number of fused-ring (bicyclic) bond motifs is 1. The van der Waals surface area contributed by atoms with Crippen LogP contribution in [0.1, 0.15) is 24.3 Å². The molecule has 0 bridgehead atoms. The van der Waals surface area contributed by atoms with Crippen molar-refractivity contribution in [1.82, 2.24) is 15.1 Å². The molecule has 0 radical (unpaired) electrons. The van der Waals surface area contributed by atoms with Crippen molar-refractivity contribution in [1.29, 1.82) is 0 Å². The maximum absolute atomic E-state index is 12.8. The van der Waals surface area contributed by atoms with Crippen molar-refractivity contribution in [2.24, 2.45) is 5.92 Å². The van der Waals surface area contributed by atoms with E-state index in [0.29, 0.717) is 36.4 Å². The van der Waals surface area contributed by atoms with Crippen LogP contribution in [-0.2, 0) is 4.74 Å². The highest BCUT2D eigenvalue weighted by molar-refractivity contribution is 6.04. The molecule has 6 nitrogen and oxygen atoms in total. The van der Waals surface area contributed by atoms with Crippen molar-refractivity contribution in [2.45, 2.75) is 13.8 Å². The maximum atomic E-state index is 12.8. The molecule has 0 saturated heterocycles. The molecule has 0 unspecified atom stereocenters. The molecule has 0 aliphatic heterocycles. The summed E-state index contributed by atoms with van der Waals surface area (Å²) in [5, 5.41) is 7.42. The first-order valence-electron chi connectivity index (χ1n) is 7.30. The second-order valence-corrected chi connectivity index (χ2v) is 5.58. The van der Waals surface area contributed by atoms with E-state index in [1.165, 1.54) is 0 Å². The Morgan fingerprint density at radius 1 is 1.32 bits per heavy atom. The number of hydrogen-bond donors (Lipinski definition) is 1. The van der Waals surface area contributed by atoms with Gasteiger partial charge in [-0.3, -0.25) is 9.59 Å². The number of H-pyrrole nitrogens is 1. The van der Waals surface area contributed by atoms with Gasteiger partial charge in [0, 0.05) is 25.6 Å². The van der Waals surface area contributed by atoms with Crippen molar-refractivity contribution < 1.29 is 9.53 Å². The van der Waals surface area contributed by atoms with Gasteiger partial charge in [0.2, 0.25) is 0 Å². The quantitative estimate of drug-likeness (QED) is 0.880. The third kappa shape index (κ3) is 3.51. The lowest BCUT2D eigenvalue weighted by atomic mass is 10.1. The SMILES string of the molecule is COCCN(CC(C)C)C(=O)c1n[nH]c(=O)c2ccccc12. The fourth-order valence-electron chi connectivity index (χ4n) is 2.35. The van der Waals surface area contributed by atoms with Gasteiger partial charge in [-0.15, -0.1) is 0 Å². The molecule has 118 valence electrons. The summed E-state index contributed by atoms with van der Waals surface area (Å²) in [5.41, 5.74) is -0.0218. The number of methoxy groups -OCH3 is 1. The number of carbonyl (C=O) groups is 1. The van der Waals surface area contributed by atoms with E-state index in [4.69, 9.17) is 4.74 Å². The minimum atomic E-state index is -0.292. The second kappa shape index (κ2) is 7.17. The fourth-order valence-corrected chi connectivity index (χ4v) is 2.35. The second-order valence-electron chi connectivity index (χ2n) is 5.58. The molecule has 0 saturated carbocycles. The predicted octanol–water partition coefficient (Wildman–Crippen LogP) is 1.67. The molecular weight excluding hydrogens is 282 g/mol. The normalized spacial score (nSPS) is 11.1.